The molecule has 0 radical (unpaired) electrons. The first kappa shape index (κ1) is 9.75. The van der Waals surface area contributed by atoms with Gasteiger partial charge in [-0.1, -0.05) is 11.6 Å². The molecule has 0 saturated heterocycles. The maximum absolute atomic E-state index is 6.04. The minimum absolute atomic E-state index is 0.264. The third-order valence-electron chi connectivity index (χ3n) is 2.36. The van der Waals surface area contributed by atoms with Crippen molar-refractivity contribution in [2.45, 2.75) is 31.7 Å². The van der Waals surface area contributed by atoms with Gasteiger partial charge in [0.15, 0.2) is 0 Å². The molecule has 0 aromatic carbocycles. The van der Waals surface area contributed by atoms with Crippen LogP contribution in [0.1, 0.15) is 25.7 Å². The number of nitrogens with zero attached hydrogens (tertiary/aromatic N) is 1. The van der Waals surface area contributed by atoms with Crippen LogP contribution in [0.25, 0.3) is 0 Å². The third-order valence-corrected chi connectivity index (χ3v) is 2.36. The Labute approximate surface area is 75.4 Å². The van der Waals surface area contributed by atoms with E-state index in [0.29, 0.717) is 0 Å². The van der Waals surface area contributed by atoms with Crippen molar-refractivity contribution in [3.05, 3.63) is 11.6 Å². The highest BCUT2D eigenvalue weighted by molar-refractivity contribution is 5.12. The normalized spacial score (nSPS) is 20.8. The summed E-state index contributed by atoms with van der Waals surface area (Å²) in [7, 11) is 4.15. The summed E-state index contributed by atoms with van der Waals surface area (Å²) in [6, 6.07) is 0.264. The number of allylic oxidation sites excluding steroid dienone is 1. The largest absolute Gasteiger partial charge is 0.323 e. The van der Waals surface area contributed by atoms with Gasteiger partial charge in [0.1, 0.15) is 0 Å². The molecule has 0 spiro atoms. The number of hydrogen-bond donors (Lipinski definition) is 1. The lowest BCUT2D eigenvalue weighted by Crippen LogP contribution is -2.35. The van der Waals surface area contributed by atoms with Crippen molar-refractivity contribution in [2.24, 2.45) is 5.73 Å². The van der Waals surface area contributed by atoms with E-state index in [0.717, 1.165) is 6.54 Å². The summed E-state index contributed by atoms with van der Waals surface area (Å²) in [6.45, 7) is 0.978. The Kier molecular flexibility index (Phi) is 3.76. The molecule has 1 aliphatic rings. The molecule has 1 unspecified atom stereocenters. The van der Waals surface area contributed by atoms with Gasteiger partial charge < -0.3 is 10.6 Å². The van der Waals surface area contributed by atoms with Crippen LogP contribution >= 0.6 is 0 Å². The van der Waals surface area contributed by atoms with E-state index in [1.54, 1.807) is 0 Å². The van der Waals surface area contributed by atoms with Crippen molar-refractivity contribution in [1.82, 2.24) is 4.90 Å². The summed E-state index contributed by atoms with van der Waals surface area (Å²) >= 11 is 0. The van der Waals surface area contributed by atoms with Gasteiger partial charge in [-0.25, -0.2) is 0 Å². The molecule has 1 aliphatic carbocycles. The van der Waals surface area contributed by atoms with Gasteiger partial charge in [0.05, 0.1) is 0 Å². The van der Waals surface area contributed by atoms with Gasteiger partial charge in [0, 0.05) is 12.6 Å². The molecule has 0 amide bonds. The molecule has 1 rings (SSSR count). The summed E-state index contributed by atoms with van der Waals surface area (Å²) in [5, 5.41) is 0. The summed E-state index contributed by atoms with van der Waals surface area (Å²) < 4.78 is 0. The second-order valence-corrected chi connectivity index (χ2v) is 3.89. The molecule has 0 saturated carbocycles. The van der Waals surface area contributed by atoms with Crippen LogP contribution in [0, 0.1) is 0 Å². The van der Waals surface area contributed by atoms with Crippen LogP contribution in [-0.2, 0) is 0 Å². The maximum atomic E-state index is 6.04. The zero-order valence-corrected chi connectivity index (χ0v) is 8.21. The van der Waals surface area contributed by atoms with E-state index >= 15 is 0 Å². The Morgan fingerprint density at radius 1 is 1.50 bits per heavy atom. The van der Waals surface area contributed by atoms with Gasteiger partial charge in [-0.2, -0.15) is 0 Å². The second kappa shape index (κ2) is 4.63. The van der Waals surface area contributed by atoms with Crippen molar-refractivity contribution in [3.63, 3.8) is 0 Å². The first-order valence-electron chi connectivity index (χ1n) is 4.79. The number of hydrogen-bond acceptors (Lipinski definition) is 2. The first-order valence-corrected chi connectivity index (χ1v) is 4.79. The average Bonchev–Trinajstić information content (AvgIpc) is 2.05. The van der Waals surface area contributed by atoms with E-state index in [1.807, 2.05) is 0 Å². The van der Waals surface area contributed by atoms with Gasteiger partial charge in [-0.05, 0) is 39.8 Å². The highest BCUT2D eigenvalue weighted by Gasteiger charge is 2.11. The maximum Gasteiger partial charge on any atom is 0.0383 e. The van der Waals surface area contributed by atoms with Crippen molar-refractivity contribution in [1.29, 1.82) is 0 Å². The molecule has 2 N–H and O–H groups in total. The lowest BCUT2D eigenvalue weighted by atomic mass is 9.94. The molecule has 0 heterocycles. The predicted molar refractivity (Wildman–Crippen MR) is 53.1 cm³/mol. The van der Waals surface area contributed by atoms with Crippen molar-refractivity contribution in [3.8, 4) is 0 Å². The second-order valence-electron chi connectivity index (χ2n) is 3.89. The monoisotopic (exact) mass is 168 g/mol. The van der Waals surface area contributed by atoms with Crippen molar-refractivity contribution < 1.29 is 0 Å². The van der Waals surface area contributed by atoms with Gasteiger partial charge >= 0.3 is 0 Å². The quantitative estimate of drug-likeness (QED) is 0.645. The smallest absolute Gasteiger partial charge is 0.0383 e. The van der Waals surface area contributed by atoms with E-state index in [1.165, 1.54) is 31.3 Å². The van der Waals surface area contributed by atoms with Crippen molar-refractivity contribution >= 4 is 0 Å². The SMILES string of the molecule is CN(C)CC(N)C1=CCCCC1. The molecule has 0 bridgehead atoms. The number of rotatable bonds is 3. The summed E-state index contributed by atoms with van der Waals surface area (Å²) in [6.07, 6.45) is 7.45. The third kappa shape index (κ3) is 2.95. The average molecular weight is 168 g/mol. The van der Waals surface area contributed by atoms with E-state index < -0.39 is 0 Å². The Hall–Kier alpha value is -0.340. The Morgan fingerprint density at radius 3 is 2.75 bits per heavy atom. The number of nitrogens with two attached hydrogens (primary N) is 1. The van der Waals surface area contributed by atoms with E-state index in [2.05, 4.69) is 25.1 Å². The topological polar surface area (TPSA) is 29.3 Å². The molecular weight excluding hydrogens is 148 g/mol. The highest BCUT2D eigenvalue weighted by Crippen LogP contribution is 2.19. The molecule has 0 aromatic rings. The van der Waals surface area contributed by atoms with Crippen LogP contribution in [0.2, 0.25) is 0 Å². The fourth-order valence-corrected chi connectivity index (χ4v) is 1.71. The molecule has 70 valence electrons. The van der Waals surface area contributed by atoms with Gasteiger partial charge in [0.2, 0.25) is 0 Å². The Balaban J connectivity index is 2.39. The van der Waals surface area contributed by atoms with Crippen LogP contribution in [-0.4, -0.2) is 31.6 Å². The molecule has 12 heavy (non-hydrogen) atoms. The summed E-state index contributed by atoms with van der Waals surface area (Å²) in [5.74, 6) is 0. The standard InChI is InChI=1S/C10H20N2/c1-12(2)8-10(11)9-6-4-3-5-7-9/h6,10H,3-5,7-8,11H2,1-2H3. The van der Waals surface area contributed by atoms with Crippen molar-refractivity contribution in [2.75, 3.05) is 20.6 Å². The van der Waals surface area contributed by atoms with Gasteiger partial charge in [-0.15, -0.1) is 0 Å². The zero-order chi connectivity index (χ0) is 8.97. The molecule has 0 aromatic heterocycles. The van der Waals surface area contributed by atoms with Crippen LogP contribution in [0.15, 0.2) is 11.6 Å². The van der Waals surface area contributed by atoms with Gasteiger partial charge in [0.25, 0.3) is 0 Å². The van der Waals surface area contributed by atoms with E-state index in [9.17, 15) is 0 Å². The molecule has 0 aliphatic heterocycles. The van der Waals surface area contributed by atoms with E-state index in [4.69, 9.17) is 5.73 Å². The van der Waals surface area contributed by atoms with Crippen LogP contribution < -0.4 is 5.73 Å². The fourth-order valence-electron chi connectivity index (χ4n) is 1.71. The van der Waals surface area contributed by atoms with Crippen LogP contribution in [0.5, 0.6) is 0 Å². The molecule has 0 fully saturated rings. The van der Waals surface area contributed by atoms with E-state index in [-0.39, 0.29) is 6.04 Å². The van der Waals surface area contributed by atoms with Gasteiger partial charge in [-0.3, -0.25) is 0 Å². The highest BCUT2D eigenvalue weighted by atomic mass is 15.1. The minimum atomic E-state index is 0.264. The predicted octanol–water partition coefficient (Wildman–Crippen LogP) is 1.38. The fraction of sp³-hybridized carbons (Fsp3) is 0.800. The van der Waals surface area contributed by atoms with Crippen LogP contribution in [0.3, 0.4) is 0 Å². The van der Waals surface area contributed by atoms with Crippen LogP contribution in [0.4, 0.5) is 0 Å². The lowest BCUT2D eigenvalue weighted by Gasteiger charge is -2.22. The molecule has 1 atom stereocenters. The Bertz CT molecular complexity index is 161. The zero-order valence-electron chi connectivity index (χ0n) is 8.21. The summed E-state index contributed by atoms with van der Waals surface area (Å²) in [5.41, 5.74) is 7.51. The summed E-state index contributed by atoms with van der Waals surface area (Å²) in [4.78, 5) is 2.15. The number of likely N-dealkylation sites (N-methyl/N-ethyl adjacent to an activating group) is 1. The molecule has 2 nitrogen and oxygen atoms in total. The molecule has 2 heteroatoms. The Morgan fingerprint density at radius 2 is 2.25 bits per heavy atom. The lowest BCUT2D eigenvalue weighted by molar-refractivity contribution is 0.383. The molecular formula is C10H20N2. The first-order chi connectivity index (χ1) is 5.70. The minimum Gasteiger partial charge on any atom is -0.323 e.